The van der Waals surface area contributed by atoms with Gasteiger partial charge in [0.05, 0.1) is 45.2 Å². The molecule has 0 saturated carbocycles. The topological polar surface area (TPSA) is 216 Å². The zero-order valence-electron chi connectivity index (χ0n) is 51.0. The predicted octanol–water partition coefficient (Wildman–Crippen LogP) is 10.3. The molecule has 6 aromatic heterocycles. The Balaban J connectivity index is 0.000000311. The first-order valence-electron chi connectivity index (χ1n) is 28.0. The van der Waals surface area contributed by atoms with Gasteiger partial charge in [0.25, 0.3) is 0 Å². The van der Waals surface area contributed by atoms with Crippen molar-refractivity contribution in [2.75, 3.05) is 33.0 Å². The summed E-state index contributed by atoms with van der Waals surface area (Å²) in [5.74, 6) is 3.59. The number of nitrogens with zero attached hydrogens (tertiary/aromatic N) is 6. The van der Waals surface area contributed by atoms with Crippen molar-refractivity contribution in [1.29, 1.82) is 0 Å². The van der Waals surface area contributed by atoms with Crippen LogP contribution in [0.1, 0.15) is 95.6 Å². The van der Waals surface area contributed by atoms with Crippen LogP contribution < -0.4 is 0 Å². The number of hydrogen-bond acceptors (Lipinski definition) is 14. The number of aliphatic hydroxyl groups is 2. The maximum atomic E-state index is 11.6. The summed E-state index contributed by atoms with van der Waals surface area (Å²) in [6.45, 7) is 40.0. The molecule has 6 aromatic rings. The van der Waals surface area contributed by atoms with Crippen LogP contribution in [0.5, 0.6) is 0 Å². The van der Waals surface area contributed by atoms with E-state index in [0.29, 0.717) is 51.1 Å². The highest BCUT2D eigenvalue weighted by atomic mass is 16.6. The summed E-state index contributed by atoms with van der Waals surface area (Å²) in [7, 11) is 0. The lowest BCUT2D eigenvalue weighted by Crippen LogP contribution is -2.33. The molecule has 1 saturated heterocycles. The van der Waals surface area contributed by atoms with Gasteiger partial charge in [-0.2, -0.15) is 19.2 Å². The van der Waals surface area contributed by atoms with E-state index in [9.17, 15) is 15.0 Å². The van der Waals surface area contributed by atoms with E-state index in [1.807, 2.05) is 0 Å². The predicted molar refractivity (Wildman–Crippen MR) is 320 cm³/mol. The van der Waals surface area contributed by atoms with E-state index in [1.165, 1.54) is 17.0 Å². The second-order valence-corrected chi connectivity index (χ2v) is 21.5. The fourth-order valence-corrected chi connectivity index (χ4v) is 10.3. The molecule has 1 aliphatic rings. The summed E-state index contributed by atoms with van der Waals surface area (Å²) in [6.07, 6.45) is 6.96. The minimum Gasteiger partial charge on any atom is -0.394 e. The Kier molecular flexibility index (Phi) is 30.0. The molecular weight excluding hydrogens is 1050 g/mol. The van der Waals surface area contributed by atoms with Gasteiger partial charge >= 0.3 is 12.3 Å². The van der Waals surface area contributed by atoms with Gasteiger partial charge in [-0.05, 0) is 195 Å². The molecule has 0 amide bonds. The highest BCUT2D eigenvalue weighted by Gasteiger charge is 2.37. The van der Waals surface area contributed by atoms with Crippen LogP contribution in [0.4, 0.5) is 0 Å². The average molecular weight is 1140 g/mol. The monoisotopic (exact) mass is 1140 g/mol. The normalized spacial score (nSPS) is 15.7. The molecule has 0 spiro atoms. The average Bonchev–Trinajstić information content (AvgIpc) is 4.37. The number of aliphatic hydroxyl groups excluding tert-OH is 2. The third-order valence-corrected chi connectivity index (χ3v) is 14.3. The lowest BCUT2D eigenvalue weighted by molar-refractivity contribution is -0.193. The van der Waals surface area contributed by atoms with Crippen molar-refractivity contribution in [1.82, 2.24) is 28.7 Å². The fraction of sp³-hybridized carbons (Fsp3) is 0.455. The number of ether oxygens (including phenoxy) is 4. The summed E-state index contributed by atoms with van der Waals surface area (Å²) in [4.78, 5) is 58.7. The summed E-state index contributed by atoms with van der Waals surface area (Å²) in [6, 6.07) is 25.2. The van der Waals surface area contributed by atoms with Crippen LogP contribution in [0.3, 0.4) is 0 Å². The Morgan fingerprint density at radius 2 is 0.952 bits per heavy atom. The summed E-state index contributed by atoms with van der Waals surface area (Å²) < 4.78 is 29.1. The zero-order chi connectivity index (χ0) is 61.9. The van der Waals surface area contributed by atoms with Gasteiger partial charge in [0.15, 0.2) is 6.29 Å². The first-order valence-corrected chi connectivity index (χ1v) is 28.0. The minimum atomic E-state index is -0.823. The van der Waals surface area contributed by atoms with Gasteiger partial charge in [0.2, 0.25) is 0 Å². The summed E-state index contributed by atoms with van der Waals surface area (Å²) in [5.41, 5.74) is 13.4. The van der Waals surface area contributed by atoms with Gasteiger partial charge < -0.3 is 47.7 Å². The number of aryl methyl sites for hydroxylation is 9. The lowest BCUT2D eigenvalue weighted by atomic mass is 9.86. The van der Waals surface area contributed by atoms with Crippen molar-refractivity contribution in [3.8, 4) is 17.5 Å². The van der Waals surface area contributed by atoms with Crippen molar-refractivity contribution in [2.24, 2.45) is 29.6 Å². The van der Waals surface area contributed by atoms with Gasteiger partial charge in [-0.3, -0.25) is 0 Å². The van der Waals surface area contributed by atoms with Crippen LogP contribution in [0.25, 0.3) is 17.5 Å². The van der Waals surface area contributed by atoms with Crippen LogP contribution in [0, 0.1) is 91.9 Å². The molecule has 0 aliphatic carbocycles. The lowest BCUT2D eigenvalue weighted by Gasteiger charge is -2.29. The SMILES string of the molecule is C=CCO[C@@H](C=O)[C@H](Cc1cc(C)cc(-n2c(C)ccc2C)n1)C(C)C.C=CCO[C@@H](CO)[C@H](Cc1cc(C)cc(-n2c(C)ccc2C)n1)C(C)C.C=CCO[C@H]1COC(O)[C@H]1Cc1cc(C)cc(-n2c(C)ccc2C)n1.O=C=O.O=C=O. The highest BCUT2D eigenvalue weighted by Crippen LogP contribution is 2.29. The fourth-order valence-electron chi connectivity index (χ4n) is 10.3. The molecule has 0 aromatic carbocycles. The number of aromatic nitrogens is 6. The Bertz CT molecular complexity index is 3000. The van der Waals surface area contributed by atoms with Gasteiger partial charge in [0, 0.05) is 57.2 Å². The molecule has 83 heavy (non-hydrogen) atoms. The Morgan fingerprint density at radius 3 is 1.31 bits per heavy atom. The maximum absolute atomic E-state index is 11.6. The highest BCUT2D eigenvalue weighted by molar-refractivity contribution is 5.57. The molecule has 7 atom stereocenters. The van der Waals surface area contributed by atoms with Crippen molar-refractivity contribution < 1.29 is 53.1 Å². The van der Waals surface area contributed by atoms with E-state index >= 15 is 0 Å². The maximum Gasteiger partial charge on any atom is 0.373 e. The van der Waals surface area contributed by atoms with E-state index in [1.54, 1.807) is 18.2 Å². The van der Waals surface area contributed by atoms with E-state index in [0.717, 1.165) is 81.1 Å². The molecule has 2 N–H and O–H groups in total. The van der Waals surface area contributed by atoms with Crippen molar-refractivity contribution in [3.05, 3.63) is 179 Å². The van der Waals surface area contributed by atoms with E-state index in [2.05, 4.69) is 196 Å². The number of carbonyl (C=O) groups is 1. The molecule has 1 unspecified atom stereocenters. The molecule has 17 nitrogen and oxygen atoms in total. The molecule has 7 rings (SSSR count). The molecule has 1 fully saturated rings. The van der Waals surface area contributed by atoms with Crippen LogP contribution in [-0.2, 0) is 62.2 Å². The standard InChI is InChI=1S/C22H32N2O2.C22H30N2O2.C20H26N2O3.2CO2/c2*1-7-10-26-21(14-25)20(15(2)3)13-19-11-16(4)12-22(23-19)24-17(5)8-9-18(24)6;1-5-8-24-18-12-25-20(23)17(18)11-16-9-13(2)10-19(21-16)22-14(3)6-7-15(22)4;2*2-1-3/h7-9,11-12,15,20-21,25H,1,10,13-14H2,2-6H3;7-9,11-12,14-15,20-21H,1,10,13H2,2-6H3;5-7,9-10,17-18,20,23H,1,8,11-12H2,2-4H3;;/t2*20-,21+;17-,18-,20?;;/m110../s1. The number of rotatable bonds is 24. The van der Waals surface area contributed by atoms with Gasteiger partial charge in [-0.25, -0.2) is 15.0 Å². The third-order valence-electron chi connectivity index (χ3n) is 14.3. The molecule has 17 heteroatoms. The molecule has 0 bridgehead atoms. The third kappa shape index (κ3) is 21.1. The summed E-state index contributed by atoms with van der Waals surface area (Å²) >= 11 is 0. The second-order valence-electron chi connectivity index (χ2n) is 21.5. The smallest absolute Gasteiger partial charge is 0.373 e. The Hall–Kier alpha value is -7.30. The minimum absolute atomic E-state index is 0.00514. The number of hydrogen-bond donors (Lipinski definition) is 2. The van der Waals surface area contributed by atoms with E-state index < -0.39 is 12.4 Å². The van der Waals surface area contributed by atoms with Crippen LogP contribution in [-0.4, -0.2) is 115 Å². The molecule has 1 aliphatic heterocycles. The molecule has 7 heterocycles. The van der Waals surface area contributed by atoms with Crippen molar-refractivity contribution in [2.45, 2.75) is 134 Å². The Morgan fingerprint density at radius 1 is 0.590 bits per heavy atom. The van der Waals surface area contributed by atoms with E-state index in [-0.39, 0.29) is 48.9 Å². The number of pyridine rings is 3. The molecule has 448 valence electrons. The van der Waals surface area contributed by atoms with Gasteiger partial charge in [-0.15, -0.1) is 19.7 Å². The Labute approximate surface area is 491 Å². The molecular formula is C66H88N6O11. The van der Waals surface area contributed by atoms with Crippen LogP contribution in [0.2, 0.25) is 0 Å². The number of carbonyl (C=O) groups excluding carboxylic acids is 5. The van der Waals surface area contributed by atoms with Crippen molar-refractivity contribution >= 4 is 18.6 Å². The molecule has 0 radical (unpaired) electrons. The van der Waals surface area contributed by atoms with Crippen molar-refractivity contribution in [3.63, 3.8) is 0 Å². The first-order chi connectivity index (χ1) is 39.6. The summed E-state index contributed by atoms with van der Waals surface area (Å²) in [5, 5.41) is 20.0. The number of aldehydes is 1. The van der Waals surface area contributed by atoms with Crippen LogP contribution in [0.15, 0.2) is 111 Å². The van der Waals surface area contributed by atoms with Gasteiger partial charge in [0.1, 0.15) is 29.8 Å². The van der Waals surface area contributed by atoms with Crippen LogP contribution >= 0.6 is 0 Å². The quantitative estimate of drug-likeness (QED) is 0.0426. The van der Waals surface area contributed by atoms with E-state index in [4.69, 9.17) is 53.1 Å². The first kappa shape index (κ1) is 70.0. The zero-order valence-corrected chi connectivity index (χ0v) is 51.0. The largest absolute Gasteiger partial charge is 0.394 e. The van der Waals surface area contributed by atoms with Gasteiger partial charge in [-0.1, -0.05) is 45.9 Å². The second kappa shape index (κ2) is 35.6.